The summed E-state index contributed by atoms with van der Waals surface area (Å²) >= 11 is 0. The zero-order chi connectivity index (χ0) is 19.3. The molecular weight excluding hydrogens is 336 g/mol. The predicted octanol–water partition coefficient (Wildman–Crippen LogP) is 2.31. The van der Waals surface area contributed by atoms with Crippen LogP contribution in [0.3, 0.4) is 0 Å². The van der Waals surface area contributed by atoms with Gasteiger partial charge in [0.1, 0.15) is 17.7 Å². The van der Waals surface area contributed by atoms with Crippen LogP contribution < -0.4 is 10.2 Å². The molecule has 6 heteroatoms. The predicted molar refractivity (Wildman–Crippen MR) is 98.8 cm³/mol. The van der Waals surface area contributed by atoms with Gasteiger partial charge in [-0.25, -0.2) is 8.78 Å². The minimum atomic E-state index is -0.602. The topological polar surface area (TPSA) is 40.2 Å². The Balaban J connectivity index is 1.88. The van der Waals surface area contributed by atoms with E-state index in [4.69, 9.17) is 0 Å². The van der Waals surface area contributed by atoms with Gasteiger partial charge in [-0.2, -0.15) is 0 Å². The second-order valence-electron chi connectivity index (χ2n) is 6.71. The number of hydrogen-bond acceptors (Lipinski definition) is 2. The lowest BCUT2D eigenvalue weighted by Gasteiger charge is -2.19. The first-order valence-corrected chi connectivity index (χ1v) is 8.56. The summed E-state index contributed by atoms with van der Waals surface area (Å²) in [6.45, 7) is 2.51. The molecule has 0 aliphatic rings. The fourth-order valence-electron chi connectivity index (χ4n) is 2.69. The van der Waals surface area contributed by atoms with Gasteiger partial charge in [-0.3, -0.25) is 4.79 Å². The average Bonchev–Trinajstić information content (AvgIpc) is 2.59. The highest BCUT2D eigenvalue weighted by atomic mass is 19.1. The van der Waals surface area contributed by atoms with Crippen LogP contribution in [0.1, 0.15) is 24.1 Å². The van der Waals surface area contributed by atoms with Crippen molar-refractivity contribution >= 4 is 11.6 Å². The molecule has 26 heavy (non-hydrogen) atoms. The number of carbonyl (C=O) groups excluding carboxylic acids is 1. The van der Waals surface area contributed by atoms with Gasteiger partial charge in [0.15, 0.2) is 6.54 Å². The Hall–Kier alpha value is -2.47. The Labute approximate surface area is 153 Å². The molecule has 140 valence electrons. The maximum absolute atomic E-state index is 13.8. The molecule has 0 spiro atoms. The molecule has 0 fully saturated rings. The van der Waals surface area contributed by atoms with Gasteiger partial charge in [0.05, 0.1) is 0 Å². The lowest BCUT2D eigenvalue weighted by Crippen LogP contribution is -2.87. The number of benzene rings is 2. The summed E-state index contributed by atoms with van der Waals surface area (Å²) in [6, 6.07) is 11.3. The van der Waals surface area contributed by atoms with E-state index in [1.165, 1.54) is 12.1 Å². The first kappa shape index (κ1) is 19.8. The second-order valence-corrected chi connectivity index (χ2v) is 6.71. The number of hydrogen-bond donors (Lipinski definition) is 1. The third-order valence-corrected chi connectivity index (χ3v) is 4.40. The van der Waals surface area contributed by atoms with Crippen LogP contribution in [-0.4, -0.2) is 38.5 Å². The van der Waals surface area contributed by atoms with Crippen molar-refractivity contribution in [2.75, 3.05) is 32.6 Å². The third kappa shape index (κ3) is 5.26. The Kier molecular flexibility index (Phi) is 6.69. The highest BCUT2D eigenvalue weighted by Crippen LogP contribution is 2.15. The second kappa shape index (κ2) is 8.76. The van der Waals surface area contributed by atoms with Gasteiger partial charge in [-0.05, 0) is 36.8 Å². The summed E-state index contributed by atoms with van der Waals surface area (Å²) in [5.41, 5.74) is 2.54. The molecule has 2 N–H and O–H groups in total. The van der Waals surface area contributed by atoms with E-state index in [0.717, 1.165) is 17.3 Å². The zero-order valence-corrected chi connectivity index (χ0v) is 15.7. The number of anilines is 1. The van der Waals surface area contributed by atoms with Crippen LogP contribution in [0.5, 0.6) is 0 Å². The molecule has 2 aromatic rings. The minimum absolute atomic E-state index is 0.0453. The molecule has 1 amide bonds. The molecule has 4 nitrogen and oxygen atoms in total. The number of carbonyl (C=O) groups is 1. The van der Waals surface area contributed by atoms with Gasteiger partial charge >= 0.3 is 0 Å². The summed E-state index contributed by atoms with van der Waals surface area (Å²) in [7, 11) is 5.70. The maximum Gasteiger partial charge on any atom is 0.277 e. The van der Waals surface area contributed by atoms with Crippen LogP contribution in [-0.2, 0) is 11.3 Å². The van der Waals surface area contributed by atoms with Crippen molar-refractivity contribution in [1.82, 2.24) is 4.90 Å². The number of rotatable bonds is 7. The molecule has 0 heterocycles. The van der Waals surface area contributed by atoms with Crippen LogP contribution in [0.25, 0.3) is 0 Å². The van der Waals surface area contributed by atoms with E-state index in [1.54, 1.807) is 24.2 Å². The quantitative estimate of drug-likeness (QED) is 0.821. The van der Waals surface area contributed by atoms with E-state index < -0.39 is 11.6 Å². The SMILES string of the molecule is C[C@@H]([NH2+]CC(=O)N(C)Cc1ccc(N(C)C)cc1)c1ccc(F)cc1F. The standard InChI is InChI=1S/C20H25F2N3O/c1-14(18-10-7-16(21)11-19(18)22)23-12-20(26)25(4)13-15-5-8-17(9-6-15)24(2)3/h5-11,14,23H,12-13H2,1-4H3/p+1/t14-/m1/s1. The summed E-state index contributed by atoms with van der Waals surface area (Å²) < 4.78 is 26.8. The van der Waals surface area contributed by atoms with Crippen molar-refractivity contribution < 1.29 is 18.9 Å². The van der Waals surface area contributed by atoms with E-state index in [1.807, 2.05) is 43.3 Å². The fraction of sp³-hybridized carbons (Fsp3) is 0.350. The molecule has 0 saturated carbocycles. The zero-order valence-electron chi connectivity index (χ0n) is 15.7. The van der Waals surface area contributed by atoms with Crippen molar-refractivity contribution in [1.29, 1.82) is 0 Å². The number of nitrogens with two attached hydrogens (primary N) is 1. The molecule has 0 aliphatic carbocycles. The van der Waals surface area contributed by atoms with E-state index in [9.17, 15) is 13.6 Å². The first-order chi connectivity index (χ1) is 12.3. The Morgan fingerprint density at radius 2 is 1.73 bits per heavy atom. The highest BCUT2D eigenvalue weighted by Gasteiger charge is 2.18. The average molecular weight is 362 g/mol. The normalized spacial score (nSPS) is 11.9. The van der Waals surface area contributed by atoms with Crippen molar-refractivity contribution in [3.05, 3.63) is 65.2 Å². The molecular formula is C20H26F2N3O+. The number of amides is 1. The molecule has 0 bridgehead atoms. The lowest BCUT2D eigenvalue weighted by atomic mass is 10.1. The fourth-order valence-corrected chi connectivity index (χ4v) is 2.69. The van der Waals surface area contributed by atoms with Crippen LogP contribution in [0.2, 0.25) is 0 Å². The molecule has 1 atom stereocenters. The van der Waals surface area contributed by atoms with Crippen LogP contribution in [0, 0.1) is 11.6 Å². The number of nitrogens with zero attached hydrogens (tertiary/aromatic N) is 2. The van der Waals surface area contributed by atoms with Crippen molar-refractivity contribution in [2.45, 2.75) is 19.5 Å². The minimum Gasteiger partial charge on any atom is -0.378 e. The van der Waals surface area contributed by atoms with Gasteiger partial charge in [-0.15, -0.1) is 0 Å². The van der Waals surface area contributed by atoms with Gasteiger partial charge < -0.3 is 15.1 Å². The van der Waals surface area contributed by atoms with E-state index in [-0.39, 0.29) is 18.5 Å². The third-order valence-electron chi connectivity index (χ3n) is 4.40. The number of likely N-dealkylation sites (N-methyl/N-ethyl adjacent to an activating group) is 1. The Bertz CT molecular complexity index is 747. The van der Waals surface area contributed by atoms with Gasteiger partial charge in [0.25, 0.3) is 5.91 Å². The summed E-state index contributed by atoms with van der Waals surface area (Å²) in [5.74, 6) is -1.24. The van der Waals surface area contributed by atoms with Crippen LogP contribution in [0.15, 0.2) is 42.5 Å². The van der Waals surface area contributed by atoms with E-state index in [2.05, 4.69) is 0 Å². The largest absolute Gasteiger partial charge is 0.378 e. The smallest absolute Gasteiger partial charge is 0.277 e. The summed E-state index contributed by atoms with van der Waals surface area (Å²) in [5, 5.41) is 1.75. The molecule has 0 saturated heterocycles. The summed E-state index contributed by atoms with van der Waals surface area (Å²) in [4.78, 5) is 16.0. The molecule has 2 aromatic carbocycles. The molecule has 0 aromatic heterocycles. The molecule has 2 rings (SSSR count). The van der Waals surface area contributed by atoms with Crippen LogP contribution in [0.4, 0.5) is 14.5 Å². The lowest BCUT2D eigenvalue weighted by molar-refractivity contribution is -0.683. The Morgan fingerprint density at radius 3 is 2.31 bits per heavy atom. The summed E-state index contributed by atoms with van der Waals surface area (Å²) in [6.07, 6.45) is 0. The monoisotopic (exact) mass is 362 g/mol. The van der Waals surface area contributed by atoms with Crippen molar-refractivity contribution in [3.8, 4) is 0 Å². The molecule has 0 radical (unpaired) electrons. The number of quaternary nitrogens is 1. The number of halogens is 2. The van der Waals surface area contributed by atoms with E-state index in [0.29, 0.717) is 12.1 Å². The van der Waals surface area contributed by atoms with Crippen LogP contribution >= 0.6 is 0 Å². The van der Waals surface area contributed by atoms with Crippen molar-refractivity contribution in [3.63, 3.8) is 0 Å². The van der Waals surface area contributed by atoms with Crippen molar-refractivity contribution in [2.24, 2.45) is 0 Å². The first-order valence-electron chi connectivity index (χ1n) is 8.56. The maximum atomic E-state index is 13.8. The highest BCUT2D eigenvalue weighted by molar-refractivity contribution is 5.76. The van der Waals surface area contributed by atoms with Gasteiger partial charge in [0.2, 0.25) is 0 Å². The van der Waals surface area contributed by atoms with E-state index >= 15 is 0 Å². The Morgan fingerprint density at radius 1 is 1.08 bits per heavy atom. The van der Waals surface area contributed by atoms with Gasteiger partial charge in [-0.1, -0.05) is 12.1 Å². The molecule has 0 aliphatic heterocycles. The van der Waals surface area contributed by atoms with Gasteiger partial charge in [0, 0.05) is 45.0 Å². The molecule has 0 unspecified atom stereocenters.